The van der Waals surface area contributed by atoms with Crippen molar-refractivity contribution in [1.29, 1.82) is 0 Å². The third-order valence-electron chi connectivity index (χ3n) is 2.07. The molecule has 19 heavy (non-hydrogen) atoms. The van der Waals surface area contributed by atoms with Crippen LogP contribution in [0.25, 0.3) is 0 Å². The van der Waals surface area contributed by atoms with Crippen molar-refractivity contribution >= 4 is 38.5 Å². The highest BCUT2D eigenvalue weighted by atomic mass is 32.2. The lowest BCUT2D eigenvalue weighted by atomic mass is 10.3. The third kappa shape index (κ3) is 3.50. The summed E-state index contributed by atoms with van der Waals surface area (Å²) in [5.74, 6) is 0. The summed E-state index contributed by atoms with van der Waals surface area (Å²) < 4.78 is 26.3. The third-order valence-corrected chi connectivity index (χ3v) is 4.24. The summed E-state index contributed by atoms with van der Waals surface area (Å²) in [6, 6.07) is 5.87. The van der Waals surface area contributed by atoms with E-state index in [1.54, 1.807) is 10.9 Å². The van der Waals surface area contributed by atoms with Gasteiger partial charge in [-0.2, -0.15) is 0 Å². The first-order chi connectivity index (χ1) is 9.12. The molecular weight excluding hydrogens is 288 g/mol. The topological polar surface area (TPSA) is 104 Å². The fourth-order valence-corrected chi connectivity index (χ4v) is 3.05. The molecule has 0 bridgehead atoms. The molecule has 0 aliphatic rings. The number of hydrogen-bond acceptors (Lipinski definition) is 6. The second-order valence-electron chi connectivity index (χ2n) is 3.32. The van der Waals surface area contributed by atoms with E-state index in [9.17, 15) is 8.42 Å². The largest absolute Gasteiger partial charge is 0.290 e. The van der Waals surface area contributed by atoms with Gasteiger partial charge in [0.05, 0.1) is 10.6 Å². The molecule has 0 aliphatic carbocycles. The van der Waals surface area contributed by atoms with Crippen LogP contribution < -0.4 is 10.2 Å². The second-order valence-corrected chi connectivity index (χ2v) is 5.90. The lowest BCUT2D eigenvalue weighted by Gasteiger charge is -2.05. The zero-order valence-electron chi connectivity index (χ0n) is 9.52. The Kier molecular flexibility index (Phi) is 4.10. The minimum atomic E-state index is -3.64. The second kappa shape index (κ2) is 5.78. The smallest absolute Gasteiger partial charge is 0.263 e. The molecule has 0 amide bonds. The molecule has 1 aromatic heterocycles. The van der Waals surface area contributed by atoms with Gasteiger partial charge >= 0.3 is 0 Å². The van der Waals surface area contributed by atoms with Crippen molar-refractivity contribution in [2.45, 2.75) is 4.90 Å². The van der Waals surface area contributed by atoms with Gasteiger partial charge in [0, 0.05) is 11.6 Å². The van der Waals surface area contributed by atoms with Crippen molar-refractivity contribution in [2.75, 3.05) is 4.72 Å². The normalized spacial score (nSPS) is 11.6. The maximum atomic E-state index is 12.0. The van der Waals surface area contributed by atoms with Crippen LogP contribution >= 0.6 is 11.3 Å². The quantitative estimate of drug-likeness (QED) is 0.442. The van der Waals surface area contributed by atoms with Crippen molar-refractivity contribution < 1.29 is 13.6 Å². The monoisotopic (exact) mass is 298 g/mol. The maximum Gasteiger partial charge on any atom is 0.263 e. The summed E-state index contributed by atoms with van der Waals surface area (Å²) in [6.07, 6.45) is 2.60. The van der Waals surface area contributed by atoms with Crippen molar-refractivity contribution in [3.8, 4) is 0 Å². The lowest BCUT2D eigenvalue weighted by Crippen LogP contribution is -2.12. The van der Waals surface area contributed by atoms with Gasteiger partial charge in [-0.05, 0) is 24.3 Å². The molecule has 0 fully saturated rings. The van der Waals surface area contributed by atoms with Crippen LogP contribution in [0.4, 0.5) is 10.8 Å². The molecule has 9 heteroatoms. The zero-order chi connectivity index (χ0) is 13.7. The van der Waals surface area contributed by atoms with Crippen LogP contribution in [0.3, 0.4) is 0 Å². The van der Waals surface area contributed by atoms with Crippen LogP contribution in [0.2, 0.25) is 0 Å². The molecule has 1 aromatic carbocycles. The predicted octanol–water partition coefficient (Wildman–Crippen LogP) is 1.58. The molecule has 2 aromatic rings. The number of rotatable bonds is 5. The van der Waals surface area contributed by atoms with Crippen LogP contribution in [-0.4, -0.2) is 24.9 Å². The van der Waals surface area contributed by atoms with Gasteiger partial charge in [-0.15, -0.1) is 11.3 Å². The van der Waals surface area contributed by atoms with E-state index in [2.05, 4.69) is 14.7 Å². The number of hydroxylamine groups is 1. The molecule has 100 valence electrons. The predicted molar refractivity (Wildman–Crippen MR) is 72.4 cm³/mol. The first-order valence-corrected chi connectivity index (χ1v) is 7.42. The van der Waals surface area contributed by atoms with Gasteiger partial charge in [-0.1, -0.05) is 0 Å². The number of sulfonamides is 1. The highest BCUT2D eigenvalue weighted by molar-refractivity contribution is 7.93. The van der Waals surface area contributed by atoms with E-state index in [-0.39, 0.29) is 4.90 Å². The van der Waals surface area contributed by atoms with Crippen LogP contribution in [-0.2, 0) is 10.0 Å². The number of thiazole rings is 1. The summed E-state index contributed by atoms with van der Waals surface area (Å²) in [5.41, 5.74) is 2.27. The molecule has 0 saturated heterocycles. The highest BCUT2D eigenvalue weighted by Crippen LogP contribution is 2.20. The number of aliphatic imine (C=N–C) groups is 1. The molecule has 3 N–H and O–H groups in total. The fourth-order valence-electron chi connectivity index (χ4n) is 1.26. The van der Waals surface area contributed by atoms with Crippen molar-refractivity contribution in [2.24, 2.45) is 4.99 Å². The molecule has 7 nitrogen and oxygen atoms in total. The molecule has 1 heterocycles. The van der Waals surface area contributed by atoms with E-state index >= 15 is 0 Å². The molecule has 0 saturated carbocycles. The average molecular weight is 298 g/mol. The number of hydrogen-bond donors (Lipinski definition) is 3. The summed E-state index contributed by atoms with van der Waals surface area (Å²) in [6.45, 7) is 0. The zero-order valence-corrected chi connectivity index (χ0v) is 11.1. The van der Waals surface area contributed by atoms with Gasteiger partial charge in [0.15, 0.2) is 5.13 Å². The van der Waals surface area contributed by atoms with Gasteiger partial charge in [0.25, 0.3) is 10.0 Å². The lowest BCUT2D eigenvalue weighted by molar-refractivity contribution is 0.240. The average Bonchev–Trinajstić information content (AvgIpc) is 2.89. The van der Waals surface area contributed by atoms with Crippen molar-refractivity contribution in [1.82, 2.24) is 10.5 Å². The molecule has 0 unspecified atom stereocenters. The molecule has 0 spiro atoms. The number of anilines is 1. The van der Waals surface area contributed by atoms with Crippen LogP contribution in [0.1, 0.15) is 0 Å². The maximum absolute atomic E-state index is 12.0. The first-order valence-electron chi connectivity index (χ1n) is 5.06. The molecule has 0 radical (unpaired) electrons. The number of aromatic nitrogens is 1. The Morgan fingerprint density at radius 1 is 1.32 bits per heavy atom. The van der Waals surface area contributed by atoms with Gasteiger partial charge in [-0.3, -0.25) is 15.4 Å². The van der Waals surface area contributed by atoms with Crippen molar-refractivity contribution in [3.63, 3.8) is 0 Å². The number of nitrogens with zero attached hydrogens (tertiary/aromatic N) is 2. The Morgan fingerprint density at radius 3 is 2.63 bits per heavy atom. The number of benzene rings is 1. The van der Waals surface area contributed by atoms with Crippen LogP contribution in [0, 0.1) is 0 Å². The SMILES string of the molecule is O=S(=O)(Nc1nccs1)c1ccc(N=CNO)cc1. The van der Waals surface area contributed by atoms with Crippen LogP contribution in [0.15, 0.2) is 45.7 Å². The van der Waals surface area contributed by atoms with Gasteiger partial charge < -0.3 is 0 Å². The Labute approximate surface area is 113 Å². The van der Waals surface area contributed by atoms with Crippen LogP contribution in [0.5, 0.6) is 0 Å². The van der Waals surface area contributed by atoms with Gasteiger partial charge in [0.2, 0.25) is 0 Å². The summed E-state index contributed by atoms with van der Waals surface area (Å²) in [4.78, 5) is 7.78. The van der Waals surface area contributed by atoms with E-state index in [0.717, 1.165) is 6.34 Å². The van der Waals surface area contributed by atoms with Crippen molar-refractivity contribution in [3.05, 3.63) is 35.8 Å². The fraction of sp³-hybridized carbons (Fsp3) is 0. The molecule has 2 rings (SSSR count). The number of nitrogens with one attached hydrogen (secondary N) is 2. The highest BCUT2D eigenvalue weighted by Gasteiger charge is 2.14. The first kappa shape index (κ1) is 13.5. The van der Waals surface area contributed by atoms with E-state index in [1.807, 2.05) is 0 Å². The van der Waals surface area contributed by atoms with Gasteiger partial charge in [-0.25, -0.2) is 18.4 Å². The minimum absolute atomic E-state index is 0.110. The Morgan fingerprint density at radius 2 is 2.05 bits per heavy atom. The Hall–Kier alpha value is -1.97. The summed E-state index contributed by atoms with van der Waals surface area (Å²) in [7, 11) is -3.64. The van der Waals surface area contributed by atoms with E-state index < -0.39 is 10.0 Å². The molecule has 0 atom stereocenters. The van der Waals surface area contributed by atoms with Gasteiger partial charge in [0.1, 0.15) is 6.34 Å². The molecule has 0 aliphatic heterocycles. The summed E-state index contributed by atoms with van der Waals surface area (Å²) >= 11 is 1.20. The standard InChI is InChI=1S/C10H10N4O3S2/c15-13-7-12-8-1-3-9(4-2-8)19(16,17)14-10-11-5-6-18-10/h1-7,15H,(H,11,14)(H,12,13). The molecular formula is C10H10N4O3S2. The summed E-state index contributed by atoms with van der Waals surface area (Å²) in [5, 5.41) is 10.3. The minimum Gasteiger partial charge on any atom is -0.290 e. The van der Waals surface area contributed by atoms with E-state index in [1.165, 1.54) is 41.8 Å². The van der Waals surface area contributed by atoms with E-state index in [0.29, 0.717) is 10.8 Å². The Bertz CT molecular complexity index is 651. The Balaban J connectivity index is 2.19. The van der Waals surface area contributed by atoms with E-state index in [4.69, 9.17) is 5.21 Å².